The number of nitrogens with one attached hydrogen (secondary N) is 1. The topological polar surface area (TPSA) is 70.7 Å². The van der Waals surface area contributed by atoms with Crippen molar-refractivity contribution in [2.45, 2.75) is 64.7 Å². The maximum absolute atomic E-state index is 12.9. The van der Waals surface area contributed by atoms with Crippen molar-refractivity contribution in [3.05, 3.63) is 83.6 Å². The zero-order valence-electron chi connectivity index (χ0n) is 21.8. The quantitative estimate of drug-likeness (QED) is 0.414. The van der Waals surface area contributed by atoms with Crippen LogP contribution in [0.15, 0.2) is 65.2 Å². The average molecular weight is 503 g/mol. The number of rotatable bonds is 11. The molecule has 2 amide bonds. The van der Waals surface area contributed by atoms with Crippen molar-refractivity contribution in [3.63, 3.8) is 0 Å². The molecule has 2 aliphatic rings. The lowest BCUT2D eigenvalue weighted by Gasteiger charge is -2.32. The van der Waals surface area contributed by atoms with Gasteiger partial charge in [0.2, 0.25) is 5.91 Å². The van der Waals surface area contributed by atoms with Gasteiger partial charge in [0, 0.05) is 50.0 Å². The van der Waals surface area contributed by atoms with Gasteiger partial charge in [-0.25, -0.2) is 0 Å². The van der Waals surface area contributed by atoms with Gasteiger partial charge < -0.3 is 19.2 Å². The van der Waals surface area contributed by atoms with Crippen LogP contribution in [0.4, 0.5) is 0 Å². The molecule has 196 valence electrons. The molecule has 7 heteroatoms. The average Bonchev–Trinajstić information content (AvgIpc) is 3.51. The van der Waals surface area contributed by atoms with Gasteiger partial charge in [-0.15, -0.1) is 0 Å². The summed E-state index contributed by atoms with van der Waals surface area (Å²) in [6.45, 7) is 6.91. The molecule has 0 unspecified atom stereocenters. The molecule has 2 aromatic heterocycles. The highest BCUT2D eigenvalue weighted by atomic mass is 16.4. The fraction of sp³-hybridized carbons (Fsp3) is 0.467. The van der Waals surface area contributed by atoms with Crippen LogP contribution in [-0.4, -0.2) is 51.9 Å². The van der Waals surface area contributed by atoms with Crippen molar-refractivity contribution < 1.29 is 14.0 Å². The molecular weight excluding hydrogens is 464 g/mol. The van der Waals surface area contributed by atoms with Crippen molar-refractivity contribution in [3.8, 4) is 0 Å². The number of furan rings is 1. The van der Waals surface area contributed by atoms with Gasteiger partial charge in [0.1, 0.15) is 5.76 Å². The van der Waals surface area contributed by atoms with Crippen molar-refractivity contribution in [2.24, 2.45) is 5.92 Å². The van der Waals surface area contributed by atoms with Gasteiger partial charge in [-0.3, -0.25) is 14.5 Å². The van der Waals surface area contributed by atoms with Gasteiger partial charge in [0.05, 0.1) is 13.1 Å². The number of hydrogen-bond acceptors (Lipinski definition) is 4. The van der Waals surface area contributed by atoms with Gasteiger partial charge in [0.25, 0.3) is 5.91 Å². The fourth-order valence-corrected chi connectivity index (χ4v) is 5.15. The Morgan fingerprint density at radius 3 is 2.49 bits per heavy atom. The minimum Gasteiger partial charge on any atom is -0.454 e. The van der Waals surface area contributed by atoms with E-state index < -0.39 is 0 Å². The molecule has 37 heavy (non-hydrogen) atoms. The first-order valence-corrected chi connectivity index (χ1v) is 13.7. The predicted octanol–water partition coefficient (Wildman–Crippen LogP) is 4.67. The summed E-state index contributed by atoms with van der Waals surface area (Å²) in [6.07, 6.45) is 6.86. The highest BCUT2D eigenvalue weighted by Crippen LogP contribution is 2.31. The number of benzene rings is 1. The molecule has 0 spiro atoms. The number of piperidine rings is 1. The second kappa shape index (κ2) is 11.8. The summed E-state index contributed by atoms with van der Waals surface area (Å²) in [5.74, 6) is 1.43. The van der Waals surface area contributed by atoms with Gasteiger partial charge in [0.15, 0.2) is 5.76 Å². The Morgan fingerprint density at radius 2 is 1.76 bits per heavy atom. The minimum atomic E-state index is -0.148. The molecule has 5 rings (SSSR count). The molecular formula is C30H38N4O3. The van der Waals surface area contributed by atoms with Gasteiger partial charge >= 0.3 is 0 Å². The van der Waals surface area contributed by atoms with Crippen LogP contribution in [0.3, 0.4) is 0 Å². The first-order chi connectivity index (χ1) is 18.1. The Balaban J connectivity index is 1.12. The highest BCUT2D eigenvalue weighted by Gasteiger charge is 2.33. The zero-order valence-corrected chi connectivity index (χ0v) is 21.8. The summed E-state index contributed by atoms with van der Waals surface area (Å²) < 4.78 is 8.04. The van der Waals surface area contributed by atoms with Crippen molar-refractivity contribution in [1.82, 2.24) is 19.7 Å². The van der Waals surface area contributed by atoms with E-state index in [1.165, 1.54) is 5.56 Å². The lowest BCUT2D eigenvalue weighted by molar-refractivity contribution is -0.133. The third kappa shape index (κ3) is 6.72. The van der Waals surface area contributed by atoms with E-state index in [0.29, 0.717) is 18.8 Å². The van der Waals surface area contributed by atoms with E-state index in [0.717, 1.165) is 69.7 Å². The van der Waals surface area contributed by atoms with Crippen LogP contribution < -0.4 is 5.32 Å². The Morgan fingerprint density at radius 1 is 0.973 bits per heavy atom. The first kappa shape index (κ1) is 25.3. The molecule has 7 nitrogen and oxygen atoms in total. The van der Waals surface area contributed by atoms with Crippen LogP contribution in [0.5, 0.6) is 0 Å². The molecule has 0 atom stereocenters. The molecule has 1 aliphatic carbocycles. The monoisotopic (exact) mass is 502 g/mol. The molecule has 0 bridgehead atoms. The lowest BCUT2D eigenvalue weighted by Crippen LogP contribution is -2.44. The van der Waals surface area contributed by atoms with Crippen LogP contribution in [0, 0.1) is 5.92 Å². The van der Waals surface area contributed by atoms with Crippen LogP contribution >= 0.6 is 0 Å². The van der Waals surface area contributed by atoms with E-state index in [4.69, 9.17) is 4.42 Å². The van der Waals surface area contributed by atoms with Crippen molar-refractivity contribution >= 4 is 11.8 Å². The Bertz CT molecular complexity index is 1170. The van der Waals surface area contributed by atoms with Gasteiger partial charge in [-0.05, 0) is 61.9 Å². The lowest BCUT2D eigenvalue weighted by atomic mass is 10.0. The third-order valence-corrected chi connectivity index (χ3v) is 7.39. The van der Waals surface area contributed by atoms with Crippen molar-refractivity contribution in [1.29, 1.82) is 0 Å². The Labute approximate surface area is 219 Å². The maximum Gasteiger partial charge on any atom is 0.287 e. The second-order valence-corrected chi connectivity index (χ2v) is 10.4. The van der Waals surface area contributed by atoms with E-state index in [2.05, 4.69) is 52.0 Å². The molecule has 1 N–H and O–H groups in total. The predicted molar refractivity (Wildman–Crippen MR) is 143 cm³/mol. The molecule has 3 aromatic rings. The van der Waals surface area contributed by atoms with Gasteiger partial charge in [-0.2, -0.15) is 0 Å². The summed E-state index contributed by atoms with van der Waals surface area (Å²) >= 11 is 0. The van der Waals surface area contributed by atoms with Crippen molar-refractivity contribution in [2.75, 3.05) is 19.6 Å². The SMILES string of the molecule is CCCN(Cc1cccn1Cc1ccc(C(=O)NC2CCN(Cc3ccccc3)CC2)o1)C(=O)C1CC1. The fourth-order valence-electron chi connectivity index (χ4n) is 5.15. The molecule has 1 aromatic carbocycles. The zero-order chi connectivity index (χ0) is 25.6. The Kier molecular flexibility index (Phi) is 8.09. The molecule has 0 radical (unpaired) electrons. The summed E-state index contributed by atoms with van der Waals surface area (Å²) in [6, 6.07) is 18.4. The summed E-state index contributed by atoms with van der Waals surface area (Å²) in [4.78, 5) is 30.0. The highest BCUT2D eigenvalue weighted by molar-refractivity contribution is 5.91. The summed E-state index contributed by atoms with van der Waals surface area (Å²) in [5.41, 5.74) is 2.40. The van der Waals surface area contributed by atoms with E-state index in [9.17, 15) is 9.59 Å². The standard InChI is InChI=1S/C30H38N4O3/c1-2-16-34(30(36)24-10-11-24)21-26-9-6-17-33(26)22-27-12-13-28(37-27)29(35)31-25-14-18-32(19-15-25)20-23-7-4-3-5-8-23/h3-9,12-13,17,24-25H,2,10-11,14-16,18-22H2,1H3,(H,31,35). The maximum atomic E-state index is 12.9. The largest absolute Gasteiger partial charge is 0.454 e. The number of likely N-dealkylation sites (tertiary alicyclic amines) is 1. The van der Waals surface area contributed by atoms with E-state index >= 15 is 0 Å². The first-order valence-electron chi connectivity index (χ1n) is 13.7. The number of nitrogens with zero attached hydrogens (tertiary/aromatic N) is 3. The molecule has 1 saturated heterocycles. The molecule has 1 saturated carbocycles. The van der Waals surface area contributed by atoms with Crippen LogP contribution in [-0.2, 0) is 24.4 Å². The summed E-state index contributed by atoms with van der Waals surface area (Å²) in [5, 5.41) is 3.16. The van der Waals surface area contributed by atoms with Crippen LogP contribution in [0.1, 0.15) is 66.6 Å². The normalized spacial score (nSPS) is 16.6. The second-order valence-electron chi connectivity index (χ2n) is 10.4. The minimum absolute atomic E-state index is 0.148. The van der Waals surface area contributed by atoms with E-state index in [1.54, 1.807) is 6.07 Å². The number of hydrogen-bond donors (Lipinski definition) is 1. The Hall–Kier alpha value is -3.32. The molecule has 3 heterocycles. The smallest absolute Gasteiger partial charge is 0.287 e. The van der Waals surface area contributed by atoms with Crippen LogP contribution in [0.2, 0.25) is 0 Å². The third-order valence-electron chi connectivity index (χ3n) is 7.39. The number of carbonyl (C=O) groups is 2. The number of carbonyl (C=O) groups excluding carboxylic acids is 2. The van der Waals surface area contributed by atoms with Gasteiger partial charge in [-0.1, -0.05) is 37.3 Å². The molecule has 2 fully saturated rings. The number of aromatic nitrogens is 1. The van der Waals surface area contributed by atoms with Crippen LogP contribution in [0.25, 0.3) is 0 Å². The van der Waals surface area contributed by atoms with E-state index in [-0.39, 0.29) is 23.8 Å². The molecule has 1 aliphatic heterocycles. The van der Waals surface area contributed by atoms with E-state index in [1.807, 2.05) is 29.3 Å². The summed E-state index contributed by atoms with van der Waals surface area (Å²) in [7, 11) is 0. The number of amides is 2.